The van der Waals surface area contributed by atoms with Crippen LogP contribution in [-0.4, -0.2) is 0 Å². The van der Waals surface area contributed by atoms with Crippen LogP contribution in [0.2, 0.25) is 0 Å². The minimum Gasteiger partial charge on any atom is -0.456 e. The van der Waals surface area contributed by atoms with E-state index in [0.29, 0.717) is 0 Å². The molecule has 1 aliphatic heterocycles. The Morgan fingerprint density at radius 3 is 1.70 bits per heavy atom. The molecular weight excluding hydrogens is 577 g/mol. The summed E-state index contributed by atoms with van der Waals surface area (Å²) in [4.78, 5) is 2.61. The van der Waals surface area contributed by atoms with Crippen LogP contribution in [0.3, 0.4) is 0 Å². The van der Waals surface area contributed by atoms with E-state index in [1.807, 2.05) is 11.8 Å². The van der Waals surface area contributed by atoms with Crippen molar-refractivity contribution in [3.8, 4) is 44.9 Å². The average molecular weight is 603 g/mol. The molecule has 0 atom stereocenters. The van der Waals surface area contributed by atoms with Crippen molar-refractivity contribution in [2.24, 2.45) is 0 Å². The number of furan rings is 1. The fraction of sp³-hybridized carbons (Fsp3) is 0. The minimum atomic E-state index is 0.873. The van der Waals surface area contributed by atoms with Gasteiger partial charge in [0.05, 0.1) is 0 Å². The van der Waals surface area contributed by atoms with Crippen molar-refractivity contribution >= 4 is 54.9 Å². The molecule has 1 aliphatic rings. The van der Waals surface area contributed by atoms with Gasteiger partial charge in [0.1, 0.15) is 11.5 Å². The van der Waals surface area contributed by atoms with E-state index >= 15 is 0 Å². The number of hydrogen-bond donors (Lipinski definition) is 0. The highest BCUT2D eigenvalue weighted by Crippen LogP contribution is 2.49. The first-order valence-corrected chi connectivity index (χ1v) is 16.5. The van der Waals surface area contributed by atoms with E-state index in [0.717, 1.165) is 22.6 Å². The standard InChI is InChI=1S/C44H26OS/c1-2-10-32-30(8-1)31-9-3-4-11-33(31)39-26-29(20-21-34(32)39)27-16-18-28(19-17-27)40-23-24-41(45-40)35-22-25-43-44-37(35)13-7-14-38(44)36-12-5-6-15-42(36)46-43/h1-26H. The molecule has 0 N–H and O–H groups in total. The molecule has 10 rings (SSSR count). The van der Waals surface area contributed by atoms with Gasteiger partial charge < -0.3 is 4.42 Å². The SMILES string of the molecule is c1ccc2c(c1)Sc1ccc(-c3ccc(-c4ccc(-c5ccc6c7ccccc7c7ccccc7c6c5)cc4)o3)c3cccc-2c13. The zero-order valence-electron chi connectivity index (χ0n) is 24.8. The highest BCUT2D eigenvalue weighted by molar-refractivity contribution is 7.99. The molecule has 0 radical (unpaired) electrons. The van der Waals surface area contributed by atoms with Gasteiger partial charge in [0, 0.05) is 26.3 Å². The monoisotopic (exact) mass is 602 g/mol. The molecule has 8 aromatic carbocycles. The van der Waals surface area contributed by atoms with Gasteiger partial charge >= 0.3 is 0 Å². The number of benzene rings is 8. The Morgan fingerprint density at radius 1 is 0.326 bits per heavy atom. The van der Waals surface area contributed by atoms with Crippen molar-refractivity contribution in [2.45, 2.75) is 9.79 Å². The van der Waals surface area contributed by atoms with Crippen molar-refractivity contribution < 1.29 is 4.42 Å². The molecule has 0 unspecified atom stereocenters. The fourth-order valence-electron chi connectivity index (χ4n) is 7.35. The van der Waals surface area contributed by atoms with Gasteiger partial charge in [-0.15, -0.1) is 0 Å². The van der Waals surface area contributed by atoms with Crippen LogP contribution in [-0.2, 0) is 0 Å². The molecule has 2 heterocycles. The Balaban J connectivity index is 1.02. The Morgan fingerprint density at radius 2 is 0.913 bits per heavy atom. The zero-order chi connectivity index (χ0) is 30.2. The van der Waals surface area contributed by atoms with Crippen molar-refractivity contribution in [3.63, 3.8) is 0 Å². The largest absolute Gasteiger partial charge is 0.456 e. The summed E-state index contributed by atoms with van der Waals surface area (Å²) in [6.45, 7) is 0. The van der Waals surface area contributed by atoms with Crippen LogP contribution in [0.4, 0.5) is 0 Å². The normalized spacial score (nSPS) is 12.3. The number of hydrogen-bond acceptors (Lipinski definition) is 2. The predicted molar refractivity (Wildman–Crippen MR) is 195 cm³/mol. The lowest BCUT2D eigenvalue weighted by atomic mass is 9.92. The van der Waals surface area contributed by atoms with Crippen LogP contribution in [0.25, 0.3) is 88.0 Å². The van der Waals surface area contributed by atoms with E-state index in [1.54, 1.807) is 0 Å². The molecule has 0 amide bonds. The lowest BCUT2D eigenvalue weighted by Gasteiger charge is -2.21. The van der Waals surface area contributed by atoms with E-state index in [-0.39, 0.29) is 0 Å². The van der Waals surface area contributed by atoms with Crippen molar-refractivity contribution in [1.29, 1.82) is 0 Å². The van der Waals surface area contributed by atoms with Gasteiger partial charge in [0.25, 0.3) is 0 Å². The van der Waals surface area contributed by atoms with E-state index in [2.05, 4.69) is 158 Å². The quantitative estimate of drug-likeness (QED) is 0.187. The van der Waals surface area contributed by atoms with Gasteiger partial charge in [0.2, 0.25) is 0 Å². The molecule has 0 fully saturated rings. The van der Waals surface area contributed by atoms with E-state index < -0.39 is 0 Å². The van der Waals surface area contributed by atoms with Gasteiger partial charge in [-0.1, -0.05) is 133 Å². The van der Waals surface area contributed by atoms with Crippen molar-refractivity contribution in [1.82, 2.24) is 0 Å². The van der Waals surface area contributed by atoms with Crippen LogP contribution in [0.1, 0.15) is 0 Å². The zero-order valence-corrected chi connectivity index (χ0v) is 25.6. The summed E-state index contributed by atoms with van der Waals surface area (Å²) in [5, 5.41) is 10.3. The first-order valence-electron chi connectivity index (χ1n) is 15.7. The fourth-order valence-corrected chi connectivity index (χ4v) is 8.48. The van der Waals surface area contributed by atoms with Crippen molar-refractivity contribution in [3.05, 3.63) is 158 Å². The van der Waals surface area contributed by atoms with Gasteiger partial charge in [0.15, 0.2) is 0 Å². The number of rotatable bonds is 3. The minimum absolute atomic E-state index is 0.873. The summed E-state index contributed by atoms with van der Waals surface area (Å²) >= 11 is 1.85. The Labute approximate surface area is 270 Å². The molecular formula is C44H26OS. The highest BCUT2D eigenvalue weighted by Gasteiger charge is 2.21. The average Bonchev–Trinajstić information content (AvgIpc) is 3.62. The topological polar surface area (TPSA) is 13.1 Å². The van der Waals surface area contributed by atoms with E-state index in [1.165, 1.54) is 75.1 Å². The maximum absolute atomic E-state index is 6.55. The summed E-state index contributed by atoms with van der Waals surface area (Å²) in [5.41, 5.74) is 7.19. The molecule has 0 saturated carbocycles. The van der Waals surface area contributed by atoms with E-state index in [4.69, 9.17) is 4.42 Å². The molecule has 214 valence electrons. The molecule has 46 heavy (non-hydrogen) atoms. The summed E-state index contributed by atoms with van der Waals surface area (Å²) < 4.78 is 6.55. The lowest BCUT2D eigenvalue weighted by Crippen LogP contribution is -1.93. The van der Waals surface area contributed by atoms with Gasteiger partial charge in [-0.2, -0.15) is 0 Å². The third-order valence-corrected chi connectivity index (χ3v) is 10.7. The van der Waals surface area contributed by atoms with Crippen LogP contribution >= 0.6 is 11.8 Å². The molecule has 1 aromatic heterocycles. The van der Waals surface area contributed by atoms with Crippen LogP contribution < -0.4 is 0 Å². The van der Waals surface area contributed by atoms with Gasteiger partial charge in [-0.3, -0.25) is 0 Å². The maximum atomic E-state index is 6.55. The second-order valence-corrected chi connectivity index (χ2v) is 13.1. The van der Waals surface area contributed by atoms with Crippen LogP contribution in [0, 0.1) is 0 Å². The predicted octanol–water partition coefficient (Wildman–Crippen LogP) is 13.0. The third kappa shape index (κ3) is 3.84. The molecule has 0 saturated heterocycles. The Bertz CT molecular complexity index is 2630. The summed E-state index contributed by atoms with van der Waals surface area (Å²) in [6, 6.07) is 57.1. The van der Waals surface area contributed by atoms with Crippen LogP contribution in [0.5, 0.6) is 0 Å². The molecule has 9 aromatic rings. The van der Waals surface area contributed by atoms with Gasteiger partial charge in [-0.05, 0) is 96.4 Å². The molecule has 0 bridgehead atoms. The maximum Gasteiger partial charge on any atom is 0.135 e. The smallest absolute Gasteiger partial charge is 0.135 e. The van der Waals surface area contributed by atoms with Crippen LogP contribution in [0.15, 0.2) is 172 Å². The summed E-state index contributed by atoms with van der Waals surface area (Å²) in [5.74, 6) is 1.76. The first-order chi connectivity index (χ1) is 22.8. The summed E-state index contributed by atoms with van der Waals surface area (Å²) in [7, 11) is 0. The van der Waals surface area contributed by atoms with E-state index in [9.17, 15) is 0 Å². The highest BCUT2D eigenvalue weighted by atomic mass is 32.2. The third-order valence-electron chi connectivity index (χ3n) is 9.52. The second kappa shape index (κ2) is 9.97. The summed E-state index contributed by atoms with van der Waals surface area (Å²) in [6.07, 6.45) is 0. The molecule has 1 nitrogen and oxygen atoms in total. The second-order valence-electron chi connectivity index (χ2n) is 12.0. The lowest BCUT2D eigenvalue weighted by molar-refractivity contribution is 0.598. The molecule has 0 aliphatic carbocycles. The number of fused-ring (bicyclic) bond motifs is 8. The molecule has 2 heteroatoms. The Hall–Kier alpha value is -5.57. The Kier molecular flexibility index (Phi) is 5.58. The van der Waals surface area contributed by atoms with Crippen molar-refractivity contribution in [2.75, 3.05) is 0 Å². The van der Waals surface area contributed by atoms with Gasteiger partial charge in [-0.25, -0.2) is 0 Å². The first kappa shape index (κ1) is 25.7. The molecule has 0 spiro atoms.